The molecule has 0 amide bonds. The van der Waals surface area contributed by atoms with Crippen LogP contribution in [-0.4, -0.2) is 19.6 Å². The Hall–Kier alpha value is -2.16. The van der Waals surface area contributed by atoms with Gasteiger partial charge in [0.2, 0.25) is 0 Å². The van der Waals surface area contributed by atoms with Crippen molar-refractivity contribution in [3.63, 3.8) is 0 Å². The lowest BCUT2D eigenvalue weighted by Gasteiger charge is -2.23. The van der Waals surface area contributed by atoms with E-state index in [0.29, 0.717) is 17.9 Å². The van der Waals surface area contributed by atoms with Crippen LogP contribution in [0.4, 0.5) is 0 Å². The molecule has 1 saturated heterocycles. The minimum Gasteiger partial charge on any atom is -0.316 e. The number of rotatable bonds is 5. The fraction of sp³-hybridized carbons (Fsp3) is 0.304. The van der Waals surface area contributed by atoms with E-state index in [-0.39, 0.29) is 0 Å². The van der Waals surface area contributed by atoms with Gasteiger partial charge in [0.1, 0.15) is 0 Å². The number of nitrogens with one attached hydrogen (secondary N) is 2. The Labute approximate surface area is 150 Å². The summed E-state index contributed by atoms with van der Waals surface area (Å²) in [6.45, 7) is 5.49. The van der Waals surface area contributed by atoms with Crippen molar-refractivity contribution in [2.75, 3.05) is 19.6 Å². The second-order valence-electron chi connectivity index (χ2n) is 7.13. The van der Waals surface area contributed by atoms with Crippen molar-refractivity contribution in [3.8, 4) is 0 Å². The highest BCUT2D eigenvalue weighted by atomic mass is 15.0. The zero-order valence-electron chi connectivity index (χ0n) is 14.8. The van der Waals surface area contributed by atoms with Gasteiger partial charge in [-0.1, -0.05) is 72.8 Å². The molecule has 4 rings (SSSR count). The van der Waals surface area contributed by atoms with Crippen molar-refractivity contribution in [2.24, 2.45) is 5.92 Å². The van der Waals surface area contributed by atoms with Crippen molar-refractivity contribution < 1.29 is 0 Å². The van der Waals surface area contributed by atoms with Crippen LogP contribution in [0.5, 0.6) is 0 Å². The SMILES string of the molecule is C[C@@H](NC[C@@H]1CNC[C@@H]1c1ccccc1)c1cccc2ccccc12. The molecule has 0 bridgehead atoms. The quantitative estimate of drug-likeness (QED) is 0.720. The topological polar surface area (TPSA) is 24.1 Å². The maximum absolute atomic E-state index is 3.79. The molecule has 0 radical (unpaired) electrons. The summed E-state index contributed by atoms with van der Waals surface area (Å²) >= 11 is 0. The molecule has 2 nitrogen and oxygen atoms in total. The number of benzene rings is 3. The van der Waals surface area contributed by atoms with Crippen molar-refractivity contribution in [3.05, 3.63) is 83.9 Å². The van der Waals surface area contributed by atoms with Crippen molar-refractivity contribution in [1.29, 1.82) is 0 Å². The van der Waals surface area contributed by atoms with Gasteiger partial charge < -0.3 is 10.6 Å². The maximum Gasteiger partial charge on any atom is 0.0298 e. The van der Waals surface area contributed by atoms with E-state index >= 15 is 0 Å². The summed E-state index contributed by atoms with van der Waals surface area (Å²) in [5.41, 5.74) is 2.84. The lowest BCUT2D eigenvalue weighted by molar-refractivity contribution is 0.440. The van der Waals surface area contributed by atoms with Gasteiger partial charge in [-0.05, 0) is 41.3 Å². The third-order valence-electron chi connectivity index (χ3n) is 5.54. The predicted octanol–water partition coefficient (Wildman–Crippen LogP) is 4.49. The normalized spacial score (nSPS) is 21.5. The zero-order valence-corrected chi connectivity index (χ0v) is 14.8. The molecule has 0 spiro atoms. The largest absolute Gasteiger partial charge is 0.316 e. The van der Waals surface area contributed by atoms with Gasteiger partial charge in [0.05, 0.1) is 0 Å². The lowest BCUT2D eigenvalue weighted by atomic mass is 9.88. The third-order valence-corrected chi connectivity index (χ3v) is 5.54. The average molecular weight is 330 g/mol. The Bertz CT molecular complexity index is 822. The van der Waals surface area contributed by atoms with E-state index in [9.17, 15) is 0 Å². The molecule has 3 aromatic carbocycles. The highest BCUT2D eigenvalue weighted by Crippen LogP contribution is 2.29. The summed E-state index contributed by atoms with van der Waals surface area (Å²) < 4.78 is 0. The summed E-state index contributed by atoms with van der Waals surface area (Å²) in [6, 6.07) is 26.5. The lowest BCUT2D eigenvalue weighted by Crippen LogP contribution is -2.29. The number of hydrogen-bond acceptors (Lipinski definition) is 2. The van der Waals surface area contributed by atoms with Crippen LogP contribution >= 0.6 is 0 Å². The van der Waals surface area contributed by atoms with Gasteiger partial charge in [0.15, 0.2) is 0 Å². The Morgan fingerprint density at radius 2 is 1.68 bits per heavy atom. The van der Waals surface area contributed by atoms with Gasteiger partial charge in [0, 0.05) is 25.0 Å². The van der Waals surface area contributed by atoms with E-state index in [1.165, 1.54) is 21.9 Å². The average Bonchev–Trinajstić information content (AvgIpc) is 3.15. The second-order valence-corrected chi connectivity index (χ2v) is 7.13. The fourth-order valence-corrected chi connectivity index (χ4v) is 4.10. The van der Waals surface area contributed by atoms with Crippen molar-refractivity contribution in [1.82, 2.24) is 10.6 Å². The van der Waals surface area contributed by atoms with E-state index in [4.69, 9.17) is 0 Å². The molecule has 1 aliphatic rings. The van der Waals surface area contributed by atoms with Crippen LogP contribution in [0.25, 0.3) is 10.8 Å². The predicted molar refractivity (Wildman–Crippen MR) is 106 cm³/mol. The van der Waals surface area contributed by atoms with Crippen molar-refractivity contribution >= 4 is 10.8 Å². The molecule has 1 fully saturated rings. The smallest absolute Gasteiger partial charge is 0.0298 e. The molecular formula is C23H26N2. The maximum atomic E-state index is 3.79. The summed E-state index contributed by atoms with van der Waals surface area (Å²) in [5, 5.41) is 10.0. The van der Waals surface area contributed by atoms with Gasteiger partial charge in [-0.25, -0.2) is 0 Å². The molecule has 0 aliphatic carbocycles. The van der Waals surface area contributed by atoms with E-state index in [1.54, 1.807) is 0 Å². The van der Waals surface area contributed by atoms with E-state index < -0.39 is 0 Å². The Morgan fingerprint density at radius 1 is 0.920 bits per heavy atom. The fourth-order valence-electron chi connectivity index (χ4n) is 4.10. The van der Waals surface area contributed by atoms with Gasteiger partial charge in [0.25, 0.3) is 0 Å². The summed E-state index contributed by atoms with van der Waals surface area (Å²) in [7, 11) is 0. The van der Waals surface area contributed by atoms with E-state index in [1.807, 2.05) is 0 Å². The summed E-state index contributed by atoms with van der Waals surface area (Å²) in [6.07, 6.45) is 0. The molecule has 2 N–H and O–H groups in total. The van der Waals surface area contributed by atoms with Crippen LogP contribution < -0.4 is 10.6 Å². The highest BCUT2D eigenvalue weighted by molar-refractivity contribution is 5.86. The van der Waals surface area contributed by atoms with Crippen molar-refractivity contribution in [2.45, 2.75) is 18.9 Å². The zero-order chi connectivity index (χ0) is 17.1. The Balaban J connectivity index is 1.47. The van der Waals surface area contributed by atoms with Crippen LogP contribution in [0.15, 0.2) is 72.8 Å². The van der Waals surface area contributed by atoms with Gasteiger partial charge in [-0.15, -0.1) is 0 Å². The monoisotopic (exact) mass is 330 g/mol. The number of hydrogen-bond donors (Lipinski definition) is 2. The van der Waals surface area contributed by atoms with Gasteiger partial charge in [-0.2, -0.15) is 0 Å². The molecule has 3 aromatic rings. The highest BCUT2D eigenvalue weighted by Gasteiger charge is 2.28. The van der Waals surface area contributed by atoms with Crippen LogP contribution in [0.1, 0.15) is 30.0 Å². The first-order valence-electron chi connectivity index (χ1n) is 9.29. The van der Waals surface area contributed by atoms with Crippen LogP contribution in [0.3, 0.4) is 0 Å². The number of fused-ring (bicyclic) bond motifs is 1. The molecule has 2 heteroatoms. The van der Waals surface area contributed by atoms with Gasteiger partial charge >= 0.3 is 0 Å². The summed E-state index contributed by atoms with van der Waals surface area (Å²) in [4.78, 5) is 0. The molecule has 1 aliphatic heterocycles. The molecular weight excluding hydrogens is 304 g/mol. The first-order valence-corrected chi connectivity index (χ1v) is 9.29. The molecule has 1 heterocycles. The Kier molecular flexibility index (Phi) is 4.82. The standard InChI is InChI=1S/C23H26N2/c1-17(21-13-7-11-18-10-5-6-12-22(18)21)25-15-20-14-24-16-23(20)19-8-3-2-4-9-19/h2-13,17,20,23-25H,14-16H2,1H3/t17-,20+,23-/m1/s1. The molecule has 0 saturated carbocycles. The Morgan fingerprint density at radius 3 is 2.56 bits per heavy atom. The van der Waals surface area contributed by atoms with E-state index in [0.717, 1.165) is 19.6 Å². The molecule has 3 atom stereocenters. The van der Waals surface area contributed by atoms with Gasteiger partial charge in [-0.3, -0.25) is 0 Å². The molecule has 128 valence electrons. The minimum absolute atomic E-state index is 0.350. The first-order chi connectivity index (χ1) is 12.3. The molecule has 0 aromatic heterocycles. The minimum atomic E-state index is 0.350. The van der Waals surface area contributed by atoms with Crippen LogP contribution in [-0.2, 0) is 0 Å². The second kappa shape index (κ2) is 7.38. The van der Waals surface area contributed by atoms with Crippen LogP contribution in [0.2, 0.25) is 0 Å². The third kappa shape index (κ3) is 3.46. The summed E-state index contributed by atoms with van der Waals surface area (Å²) in [5.74, 6) is 1.24. The molecule has 0 unspecified atom stereocenters. The molecule has 25 heavy (non-hydrogen) atoms. The van der Waals surface area contributed by atoms with Crippen LogP contribution in [0, 0.1) is 5.92 Å². The van der Waals surface area contributed by atoms with E-state index in [2.05, 4.69) is 90.4 Å². The first kappa shape index (κ1) is 16.3.